The van der Waals surface area contributed by atoms with Crippen molar-refractivity contribution in [1.82, 2.24) is 9.78 Å². The molecule has 20 heavy (non-hydrogen) atoms. The molecule has 1 aromatic heterocycles. The highest BCUT2D eigenvalue weighted by Crippen LogP contribution is 2.14. The Kier molecular flexibility index (Phi) is 4.29. The van der Waals surface area contributed by atoms with Gasteiger partial charge in [-0.2, -0.15) is 0 Å². The predicted molar refractivity (Wildman–Crippen MR) is 76.7 cm³/mol. The second kappa shape index (κ2) is 5.96. The highest BCUT2D eigenvalue weighted by atomic mass is 35.5. The first kappa shape index (κ1) is 14.4. The summed E-state index contributed by atoms with van der Waals surface area (Å²) in [5.74, 6) is -0.915. The van der Waals surface area contributed by atoms with Crippen LogP contribution in [-0.4, -0.2) is 20.9 Å². The molecule has 0 saturated heterocycles. The SMILES string of the molecule is CCc1[nH]n(-c2cccc(Cl)c2)c(=O)c1CCC(=O)O. The summed E-state index contributed by atoms with van der Waals surface area (Å²) in [5, 5.41) is 12.3. The summed E-state index contributed by atoms with van der Waals surface area (Å²) >= 11 is 5.92. The summed E-state index contributed by atoms with van der Waals surface area (Å²) < 4.78 is 1.40. The summed E-state index contributed by atoms with van der Waals surface area (Å²) in [7, 11) is 0. The molecule has 1 heterocycles. The highest BCUT2D eigenvalue weighted by molar-refractivity contribution is 6.30. The van der Waals surface area contributed by atoms with Crippen molar-refractivity contribution in [3.05, 3.63) is 50.9 Å². The molecule has 0 aliphatic carbocycles. The van der Waals surface area contributed by atoms with Crippen molar-refractivity contribution in [2.75, 3.05) is 0 Å². The number of aryl methyl sites for hydroxylation is 1. The van der Waals surface area contributed by atoms with Gasteiger partial charge >= 0.3 is 5.97 Å². The molecule has 0 fully saturated rings. The number of aromatic amines is 1. The summed E-state index contributed by atoms with van der Waals surface area (Å²) in [6, 6.07) is 6.93. The van der Waals surface area contributed by atoms with Gasteiger partial charge in [-0.15, -0.1) is 0 Å². The minimum absolute atomic E-state index is 0.0599. The second-order valence-corrected chi connectivity index (χ2v) is 4.87. The van der Waals surface area contributed by atoms with E-state index in [1.807, 2.05) is 6.92 Å². The minimum Gasteiger partial charge on any atom is -0.481 e. The van der Waals surface area contributed by atoms with Crippen molar-refractivity contribution in [2.24, 2.45) is 0 Å². The molecule has 0 amide bonds. The van der Waals surface area contributed by atoms with E-state index in [1.165, 1.54) is 4.68 Å². The van der Waals surface area contributed by atoms with Crippen LogP contribution in [0.25, 0.3) is 5.69 Å². The lowest BCUT2D eigenvalue weighted by Gasteiger charge is -2.01. The fraction of sp³-hybridized carbons (Fsp3) is 0.286. The lowest BCUT2D eigenvalue weighted by atomic mass is 10.1. The monoisotopic (exact) mass is 294 g/mol. The molecule has 0 spiro atoms. The minimum atomic E-state index is -0.915. The molecule has 2 aromatic rings. The number of carbonyl (C=O) groups is 1. The van der Waals surface area contributed by atoms with Crippen LogP contribution in [0.15, 0.2) is 29.1 Å². The fourth-order valence-corrected chi connectivity index (χ4v) is 2.28. The standard InChI is InChI=1S/C14H15ClN2O3/c1-2-12-11(6-7-13(18)19)14(20)17(16-12)10-5-3-4-9(15)8-10/h3-5,8,16H,2,6-7H2,1H3,(H,18,19). The first-order valence-electron chi connectivity index (χ1n) is 6.33. The Morgan fingerprint density at radius 3 is 2.80 bits per heavy atom. The number of carboxylic acids is 1. The van der Waals surface area contributed by atoms with Crippen molar-refractivity contribution >= 4 is 17.6 Å². The van der Waals surface area contributed by atoms with E-state index in [1.54, 1.807) is 24.3 Å². The Morgan fingerprint density at radius 2 is 2.20 bits per heavy atom. The third-order valence-corrected chi connectivity index (χ3v) is 3.32. The van der Waals surface area contributed by atoms with Crippen LogP contribution in [0.5, 0.6) is 0 Å². The van der Waals surface area contributed by atoms with Crippen LogP contribution in [0.4, 0.5) is 0 Å². The van der Waals surface area contributed by atoms with Crippen LogP contribution in [0.3, 0.4) is 0 Å². The molecule has 0 bridgehead atoms. The van der Waals surface area contributed by atoms with Gasteiger partial charge in [0, 0.05) is 22.7 Å². The zero-order valence-corrected chi connectivity index (χ0v) is 11.8. The Balaban J connectivity index is 2.46. The molecule has 106 valence electrons. The molecule has 0 unspecified atom stereocenters. The number of hydrogen-bond donors (Lipinski definition) is 2. The topological polar surface area (TPSA) is 75.1 Å². The normalized spacial score (nSPS) is 10.7. The average Bonchev–Trinajstić information content (AvgIpc) is 2.73. The quantitative estimate of drug-likeness (QED) is 0.889. The van der Waals surface area contributed by atoms with Gasteiger partial charge in [-0.25, -0.2) is 4.68 Å². The Morgan fingerprint density at radius 1 is 1.45 bits per heavy atom. The van der Waals surface area contributed by atoms with Crippen molar-refractivity contribution in [3.8, 4) is 5.69 Å². The molecule has 0 aliphatic rings. The molecule has 0 saturated carbocycles. The smallest absolute Gasteiger partial charge is 0.303 e. The molecular formula is C14H15ClN2O3. The van der Waals surface area contributed by atoms with E-state index in [0.717, 1.165) is 5.69 Å². The molecular weight excluding hydrogens is 280 g/mol. The molecule has 0 atom stereocenters. The molecule has 1 aromatic carbocycles. The maximum atomic E-state index is 12.4. The number of benzene rings is 1. The fourth-order valence-electron chi connectivity index (χ4n) is 2.10. The van der Waals surface area contributed by atoms with Gasteiger partial charge in [0.25, 0.3) is 5.56 Å². The van der Waals surface area contributed by atoms with Crippen LogP contribution >= 0.6 is 11.6 Å². The van der Waals surface area contributed by atoms with E-state index in [-0.39, 0.29) is 18.4 Å². The average molecular weight is 295 g/mol. The molecule has 0 aliphatic heterocycles. The van der Waals surface area contributed by atoms with E-state index in [9.17, 15) is 9.59 Å². The third-order valence-electron chi connectivity index (χ3n) is 3.08. The van der Waals surface area contributed by atoms with E-state index < -0.39 is 5.97 Å². The number of hydrogen-bond acceptors (Lipinski definition) is 2. The van der Waals surface area contributed by atoms with Crippen molar-refractivity contribution in [3.63, 3.8) is 0 Å². The highest BCUT2D eigenvalue weighted by Gasteiger charge is 2.15. The number of halogens is 1. The lowest BCUT2D eigenvalue weighted by molar-refractivity contribution is -0.136. The van der Waals surface area contributed by atoms with Crippen LogP contribution in [0.2, 0.25) is 5.02 Å². The molecule has 2 rings (SSSR count). The van der Waals surface area contributed by atoms with Crippen LogP contribution < -0.4 is 5.56 Å². The first-order chi connectivity index (χ1) is 9.52. The maximum Gasteiger partial charge on any atom is 0.303 e. The van der Waals surface area contributed by atoms with E-state index in [2.05, 4.69) is 5.10 Å². The Bertz CT molecular complexity index is 688. The number of nitrogens with zero attached hydrogens (tertiary/aromatic N) is 1. The van der Waals surface area contributed by atoms with Crippen LogP contribution in [0.1, 0.15) is 24.6 Å². The number of aliphatic carboxylic acids is 1. The zero-order chi connectivity index (χ0) is 14.7. The number of aromatic nitrogens is 2. The maximum absolute atomic E-state index is 12.4. The summed E-state index contributed by atoms with van der Waals surface area (Å²) in [5.41, 5.74) is 1.70. The van der Waals surface area contributed by atoms with E-state index >= 15 is 0 Å². The zero-order valence-electron chi connectivity index (χ0n) is 11.0. The molecule has 5 nitrogen and oxygen atoms in total. The Hall–Kier alpha value is -2.01. The lowest BCUT2D eigenvalue weighted by Crippen LogP contribution is -2.18. The van der Waals surface area contributed by atoms with Crippen LogP contribution in [0, 0.1) is 0 Å². The van der Waals surface area contributed by atoms with Gasteiger partial charge in [-0.05, 0) is 31.0 Å². The van der Waals surface area contributed by atoms with E-state index in [0.29, 0.717) is 22.7 Å². The number of rotatable bonds is 5. The van der Waals surface area contributed by atoms with Gasteiger partial charge in [0.2, 0.25) is 0 Å². The van der Waals surface area contributed by atoms with Crippen molar-refractivity contribution in [2.45, 2.75) is 26.2 Å². The molecule has 2 N–H and O–H groups in total. The van der Waals surface area contributed by atoms with Crippen molar-refractivity contribution in [1.29, 1.82) is 0 Å². The van der Waals surface area contributed by atoms with Gasteiger partial charge in [0.1, 0.15) is 0 Å². The summed E-state index contributed by atoms with van der Waals surface area (Å²) in [6.07, 6.45) is 0.800. The summed E-state index contributed by atoms with van der Waals surface area (Å²) in [6.45, 7) is 1.91. The number of H-pyrrole nitrogens is 1. The van der Waals surface area contributed by atoms with Gasteiger partial charge < -0.3 is 5.11 Å². The van der Waals surface area contributed by atoms with Gasteiger partial charge in [-0.1, -0.05) is 24.6 Å². The largest absolute Gasteiger partial charge is 0.481 e. The number of nitrogens with one attached hydrogen (secondary N) is 1. The van der Waals surface area contributed by atoms with E-state index in [4.69, 9.17) is 16.7 Å². The first-order valence-corrected chi connectivity index (χ1v) is 6.71. The Labute approximate surface area is 120 Å². The molecule has 6 heteroatoms. The predicted octanol–water partition coefficient (Wildman–Crippen LogP) is 2.40. The van der Waals surface area contributed by atoms with Gasteiger partial charge in [-0.3, -0.25) is 14.7 Å². The molecule has 0 radical (unpaired) electrons. The van der Waals surface area contributed by atoms with Crippen LogP contribution in [-0.2, 0) is 17.6 Å². The van der Waals surface area contributed by atoms with Gasteiger partial charge in [0.05, 0.1) is 5.69 Å². The van der Waals surface area contributed by atoms with Gasteiger partial charge in [0.15, 0.2) is 0 Å². The van der Waals surface area contributed by atoms with Crippen molar-refractivity contribution < 1.29 is 9.90 Å². The third kappa shape index (κ3) is 2.93. The second-order valence-electron chi connectivity index (χ2n) is 4.44. The number of carboxylic acid groups (broad SMARTS) is 1. The summed E-state index contributed by atoms with van der Waals surface area (Å²) in [4.78, 5) is 23.0.